The van der Waals surface area contributed by atoms with Gasteiger partial charge in [-0.1, -0.05) is 28.1 Å². The average Bonchev–Trinajstić information content (AvgIpc) is 2.69. The molecule has 1 aromatic carbocycles. The maximum Gasteiger partial charge on any atom is 0.0947 e. The molecular formula is C13H15BrN2S. The number of nitrogens with one attached hydrogen (secondary N) is 1. The number of benzene rings is 1. The predicted molar refractivity (Wildman–Crippen MR) is 77.6 cm³/mol. The van der Waals surface area contributed by atoms with Gasteiger partial charge < -0.3 is 5.32 Å². The third-order valence-corrected chi connectivity index (χ3v) is 4.33. The zero-order chi connectivity index (χ0) is 12.3. The largest absolute Gasteiger partial charge is 0.319 e. The maximum atomic E-state index is 4.61. The monoisotopic (exact) mass is 310 g/mol. The quantitative estimate of drug-likeness (QED) is 0.932. The number of rotatable bonds is 4. The summed E-state index contributed by atoms with van der Waals surface area (Å²) in [5, 5.41) is 4.36. The minimum absolute atomic E-state index is 0.979. The molecule has 0 radical (unpaired) electrons. The molecule has 0 fully saturated rings. The molecule has 0 spiro atoms. The number of nitrogens with zero attached hydrogens (tertiary/aromatic N) is 1. The van der Waals surface area contributed by atoms with Gasteiger partial charge in [-0.3, -0.25) is 0 Å². The zero-order valence-corrected chi connectivity index (χ0v) is 12.4. The number of thiazole rings is 1. The van der Waals surface area contributed by atoms with Crippen molar-refractivity contribution in [2.24, 2.45) is 0 Å². The van der Waals surface area contributed by atoms with Crippen LogP contribution in [-0.2, 0) is 6.42 Å². The van der Waals surface area contributed by atoms with Gasteiger partial charge in [-0.25, -0.2) is 4.98 Å². The molecule has 2 aromatic rings. The van der Waals surface area contributed by atoms with E-state index in [0.717, 1.165) is 23.1 Å². The summed E-state index contributed by atoms with van der Waals surface area (Å²) in [5.74, 6) is 0. The van der Waals surface area contributed by atoms with Gasteiger partial charge in [0.05, 0.1) is 15.6 Å². The van der Waals surface area contributed by atoms with Crippen LogP contribution in [-0.4, -0.2) is 18.6 Å². The van der Waals surface area contributed by atoms with E-state index >= 15 is 0 Å². The highest BCUT2D eigenvalue weighted by atomic mass is 79.9. The molecular weight excluding hydrogens is 296 g/mol. The van der Waals surface area contributed by atoms with Crippen LogP contribution < -0.4 is 5.32 Å². The maximum absolute atomic E-state index is 4.61. The first-order valence-corrected chi connectivity index (χ1v) is 7.18. The molecule has 2 nitrogen and oxygen atoms in total. The van der Waals surface area contributed by atoms with Crippen LogP contribution in [0.1, 0.15) is 10.7 Å². The Morgan fingerprint density at radius 3 is 2.65 bits per heavy atom. The third-order valence-electron chi connectivity index (χ3n) is 2.54. The van der Waals surface area contributed by atoms with Crippen LogP contribution in [0.3, 0.4) is 0 Å². The molecule has 2 rings (SSSR count). The lowest BCUT2D eigenvalue weighted by molar-refractivity contribution is 0.786. The molecule has 0 bridgehead atoms. The Bertz CT molecular complexity index is 491. The predicted octanol–water partition coefficient (Wildman–Crippen LogP) is 3.64. The first kappa shape index (κ1) is 12.7. The molecule has 1 aromatic heterocycles. The normalized spacial score (nSPS) is 10.8. The summed E-state index contributed by atoms with van der Waals surface area (Å²) < 4.78 is 1.11. The molecule has 0 saturated heterocycles. The Labute approximate surface area is 114 Å². The summed E-state index contributed by atoms with van der Waals surface area (Å²) in [6, 6.07) is 8.41. The van der Waals surface area contributed by atoms with Crippen LogP contribution in [0.2, 0.25) is 0 Å². The Hall–Kier alpha value is -0.710. The van der Waals surface area contributed by atoms with Crippen molar-refractivity contribution in [1.29, 1.82) is 0 Å². The van der Waals surface area contributed by atoms with Crippen LogP contribution in [0.15, 0.2) is 28.7 Å². The van der Waals surface area contributed by atoms with Gasteiger partial charge in [-0.05, 0) is 31.7 Å². The van der Waals surface area contributed by atoms with Crippen molar-refractivity contribution in [1.82, 2.24) is 10.3 Å². The van der Waals surface area contributed by atoms with Crippen molar-refractivity contribution in [3.8, 4) is 10.4 Å². The van der Waals surface area contributed by atoms with Crippen LogP contribution in [0, 0.1) is 6.92 Å². The molecule has 0 aliphatic carbocycles. The minimum Gasteiger partial charge on any atom is -0.319 e. The number of likely N-dealkylation sites (N-methyl/N-ethyl adjacent to an activating group) is 1. The van der Waals surface area contributed by atoms with E-state index in [0.29, 0.717) is 0 Å². The van der Waals surface area contributed by atoms with E-state index in [4.69, 9.17) is 0 Å². The standard InChI is InChI=1S/C13H15BrN2S/c1-9-13(10-3-5-11(14)6-4-10)17-12(16-9)7-8-15-2/h3-6,15H,7-8H2,1-2H3. The molecule has 0 aliphatic rings. The van der Waals surface area contributed by atoms with Crippen molar-refractivity contribution in [2.75, 3.05) is 13.6 Å². The van der Waals surface area contributed by atoms with E-state index in [2.05, 4.69) is 57.4 Å². The Kier molecular flexibility index (Phi) is 4.31. The van der Waals surface area contributed by atoms with Gasteiger partial charge in [0.15, 0.2) is 0 Å². The summed E-state index contributed by atoms with van der Waals surface area (Å²) in [6.07, 6.45) is 0.999. The first-order valence-electron chi connectivity index (χ1n) is 5.57. The fourth-order valence-electron chi connectivity index (χ4n) is 1.66. The van der Waals surface area contributed by atoms with Gasteiger partial charge in [-0.15, -0.1) is 11.3 Å². The van der Waals surface area contributed by atoms with E-state index in [-0.39, 0.29) is 0 Å². The van der Waals surface area contributed by atoms with Gasteiger partial charge in [0.2, 0.25) is 0 Å². The summed E-state index contributed by atoms with van der Waals surface area (Å²) in [6.45, 7) is 3.06. The van der Waals surface area contributed by atoms with Crippen LogP contribution >= 0.6 is 27.3 Å². The first-order chi connectivity index (χ1) is 8.20. The molecule has 4 heteroatoms. The highest BCUT2D eigenvalue weighted by Gasteiger charge is 2.09. The van der Waals surface area contributed by atoms with Crippen LogP contribution in [0.5, 0.6) is 0 Å². The lowest BCUT2D eigenvalue weighted by atomic mass is 10.2. The van der Waals surface area contributed by atoms with Crippen LogP contribution in [0.25, 0.3) is 10.4 Å². The minimum atomic E-state index is 0.979. The number of aromatic nitrogens is 1. The highest BCUT2D eigenvalue weighted by Crippen LogP contribution is 2.30. The topological polar surface area (TPSA) is 24.9 Å². The van der Waals surface area contributed by atoms with Gasteiger partial charge >= 0.3 is 0 Å². The van der Waals surface area contributed by atoms with Crippen molar-refractivity contribution >= 4 is 27.3 Å². The summed E-state index contributed by atoms with van der Waals surface area (Å²) >= 11 is 5.25. The summed E-state index contributed by atoms with van der Waals surface area (Å²) in [4.78, 5) is 5.89. The lowest BCUT2D eigenvalue weighted by Crippen LogP contribution is -2.09. The van der Waals surface area contributed by atoms with Gasteiger partial charge in [0.25, 0.3) is 0 Å². The van der Waals surface area contributed by atoms with Gasteiger partial charge in [0, 0.05) is 17.4 Å². The summed E-state index contributed by atoms with van der Waals surface area (Å²) in [7, 11) is 1.97. The van der Waals surface area contributed by atoms with E-state index in [1.54, 1.807) is 11.3 Å². The van der Waals surface area contributed by atoms with Crippen molar-refractivity contribution < 1.29 is 0 Å². The molecule has 0 atom stereocenters. The second-order valence-electron chi connectivity index (χ2n) is 3.88. The Balaban J connectivity index is 2.26. The third kappa shape index (κ3) is 3.15. The zero-order valence-electron chi connectivity index (χ0n) is 9.96. The smallest absolute Gasteiger partial charge is 0.0947 e. The highest BCUT2D eigenvalue weighted by molar-refractivity contribution is 9.10. The van der Waals surface area contributed by atoms with Crippen molar-refractivity contribution in [3.05, 3.63) is 39.4 Å². The lowest BCUT2D eigenvalue weighted by Gasteiger charge is -1.98. The number of aryl methyl sites for hydroxylation is 1. The second-order valence-corrected chi connectivity index (χ2v) is 5.88. The summed E-state index contributed by atoms with van der Waals surface area (Å²) in [5.41, 5.74) is 2.38. The van der Waals surface area contributed by atoms with Gasteiger partial charge in [0.1, 0.15) is 0 Å². The molecule has 0 amide bonds. The molecule has 1 heterocycles. The van der Waals surface area contributed by atoms with Crippen LogP contribution in [0.4, 0.5) is 0 Å². The van der Waals surface area contributed by atoms with E-state index < -0.39 is 0 Å². The fourth-order valence-corrected chi connectivity index (χ4v) is 2.99. The van der Waals surface area contributed by atoms with Crippen molar-refractivity contribution in [3.63, 3.8) is 0 Å². The fraction of sp³-hybridized carbons (Fsp3) is 0.308. The number of halogens is 1. The van der Waals surface area contributed by atoms with E-state index in [9.17, 15) is 0 Å². The number of hydrogen-bond acceptors (Lipinski definition) is 3. The average molecular weight is 311 g/mol. The molecule has 90 valence electrons. The number of hydrogen-bond donors (Lipinski definition) is 1. The van der Waals surface area contributed by atoms with E-state index in [1.807, 2.05) is 7.05 Å². The molecule has 1 N–H and O–H groups in total. The molecule has 17 heavy (non-hydrogen) atoms. The SMILES string of the molecule is CNCCc1nc(C)c(-c2ccc(Br)cc2)s1. The Morgan fingerprint density at radius 2 is 2.00 bits per heavy atom. The van der Waals surface area contributed by atoms with Gasteiger partial charge in [-0.2, -0.15) is 0 Å². The van der Waals surface area contributed by atoms with E-state index in [1.165, 1.54) is 15.4 Å². The molecule has 0 unspecified atom stereocenters. The van der Waals surface area contributed by atoms with Crippen molar-refractivity contribution in [2.45, 2.75) is 13.3 Å². The molecule has 0 saturated carbocycles. The molecule has 0 aliphatic heterocycles. The Morgan fingerprint density at radius 1 is 1.29 bits per heavy atom. The second kappa shape index (κ2) is 5.76.